The molecule has 1 N–H and O–H groups in total. The molecular weight excluding hydrogens is 338 g/mol. The number of ether oxygens (including phenoxy) is 1. The van der Waals surface area contributed by atoms with Gasteiger partial charge < -0.3 is 10.1 Å². The summed E-state index contributed by atoms with van der Waals surface area (Å²) in [7, 11) is 1.56. The summed E-state index contributed by atoms with van der Waals surface area (Å²) in [6.45, 7) is 0. The Bertz CT molecular complexity index is 631. The zero-order valence-electron chi connectivity index (χ0n) is 11.1. The van der Waals surface area contributed by atoms with Crippen LogP contribution in [0.15, 0.2) is 51.8 Å². The molecule has 0 aliphatic carbocycles. The monoisotopic (exact) mass is 351 g/mol. The van der Waals surface area contributed by atoms with E-state index >= 15 is 0 Å². The number of hydrogen-bond acceptors (Lipinski definition) is 3. The van der Waals surface area contributed by atoms with Crippen LogP contribution >= 0.6 is 27.7 Å². The van der Waals surface area contributed by atoms with Gasteiger partial charge in [0.05, 0.1) is 12.7 Å². The first-order chi connectivity index (χ1) is 9.63. The second kappa shape index (κ2) is 6.81. The molecule has 0 heterocycles. The number of benzene rings is 2. The van der Waals surface area contributed by atoms with E-state index in [-0.39, 0.29) is 5.91 Å². The highest BCUT2D eigenvalue weighted by Gasteiger charge is 2.13. The maximum absolute atomic E-state index is 12.3. The second-order valence-corrected chi connectivity index (χ2v) is 5.83. The lowest BCUT2D eigenvalue weighted by Crippen LogP contribution is -2.13. The Hall–Kier alpha value is -1.46. The van der Waals surface area contributed by atoms with Gasteiger partial charge in [0.2, 0.25) is 0 Å². The van der Waals surface area contributed by atoms with E-state index in [0.717, 1.165) is 15.1 Å². The number of carbonyl (C=O) groups excluding carboxylic acids is 1. The lowest BCUT2D eigenvalue weighted by molar-refractivity contribution is 0.102. The minimum absolute atomic E-state index is 0.187. The molecule has 0 aliphatic rings. The van der Waals surface area contributed by atoms with Crippen LogP contribution in [0.5, 0.6) is 5.75 Å². The standard InChI is InChI=1S/C15H14BrNO2S/c1-19-14-9-12(20-2)6-7-13(14)15(18)17-11-5-3-4-10(16)8-11/h3-9H,1-2H3,(H,17,18). The molecule has 0 aliphatic heterocycles. The molecule has 104 valence electrons. The molecule has 0 unspecified atom stereocenters. The van der Waals surface area contributed by atoms with Crippen LogP contribution in [0.3, 0.4) is 0 Å². The van der Waals surface area contributed by atoms with E-state index in [1.54, 1.807) is 24.9 Å². The van der Waals surface area contributed by atoms with Gasteiger partial charge >= 0.3 is 0 Å². The van der Waals surface area contributed by atoms with E-state index in [2.05, 4.69) is 21.2 Å². The maximum Gasteiger partial charge on any atom is 0.259 e. The van der Waals surface area contributed by atoms with E-state index in [4.69, 9.17) is 4.74 Å². The summed E-state index contributed by atoms with van der Waals surface area (Å²) >= 11 is 4.98. The van der Waals surface area contributed by atoms with Crippen molar-refractivity contribution in [3.05, 3.63) is 52.5 Å². The first kappa shape index (κ1) is 14.9. The van der Waals surface area contributed by atoms with Crippen LogP contribution in [0.2, 0.25) is 0 Å². The zero-order chi connectivity index (χ0) is 14.5. The smallest absolute Gasteiger partial charge is 0.259 e. The third-order valence-electron chi connectivity index (χ3n) is 2.74. The predicted molar refractivity (Wildman–Crippen MR) is 86.9 cm³/mol. The minimum atomic E-state index is -0.187. The number of methoxy groups -OCH3 is 1. The van der Waals surface area contributed by atoms with Crippen molar-refractivity contribution >= 4 is 39.3 Å². The Labute approximate surface area is 130 Å². The molecule has 2 aromatic carbocycles. The Morgan fingerprint density at radius 2 is 2.05 bits per heavy atom. The van der Waals surface area contributed by atoms with Gasteiger partial charge in [0.1, 0.15) is 5.75 Å². The molecule has 2 rings (SSSR count). The highest BCUT2D eigenvalue weighted by atomic mass is 79.9. The molecule has 20 heavy (non-hydrogen) atoms. The third kappa shape index (κ3) is 3.55. The number of carbonyl (C=O) groups is 1. The van der Waals surface area contributed by atoms with Gasteiger partial charge in [0.25, 0.3) is 5.91 Å². The summed E-state index contributed by atoms with van der Waals surface area (Å²) in [5.41, 5.74) is 1.26. The van der Waals surface area contributed by atoms with Crippen LogP contribution in [-0.4, -0.2) is 19.3 Å². The fourth-order valence-electron chi connectivity index (χ4n) is 1.75. The van der Waals surface area contributed by atoms with Gasteiger partial charge in [-0.1, -0.05) is 22.0 Å². The summed E-state index contributed by atoms with van der Waals surface area (Å²) in [6.07, 6.45) is 1.98. The van der Waals surface area contributed by atoms with Gasteiger partial charge in [-0.05, 0) is 42.7 Å². The van der Waals surface area contributed by atoms with Crippen LogP contribution in [0.25, 0.3) is 0 Å². The van der Waals surface area contributed by atoms with Crippen LogP contribution in [0.4, 0.5) is 5.69 Å². The summed E-state index contributed by atoms with van der Waals surface area (Å²) in [6, 6.07) is 13.0. The second-order valence-electron chi connectivity index (χ2n) is 4.03. The summed E-state index contributed by atoms with van der Waals surface area (Å²) in [4.78, 5) is 13.3. The third-order valence-corrected chi connectivity index (χ3v) is 3.95. The van der Waals surface area contributed by atoms with E-state index < -0.39 is 0 Å². The number of halogens is 1. The quantitative estimate of drug-likeness (QED) is 0.828. The van der Waals surface area contributed by atoms with E-state index in [1.807, 2.05) is 42.7 Å². The van der Waals surface area contributed by atoms with Crippen molar-refractivity contribution < 1.29 is 9.53 Å². The van der Waals surface area contributed by atoms with Gasteiger partial charge in [0, 0.05) is 15.1 Å². The maximum atomic E-state index is 12.3. The number of nitrogens with one attached hydrogen (secondary N) is 1. The average molecular weight is 352 g/mol. The van der Waals surface area contributed by atoms with Crippen molar-refractivity contribution in [2.75, 3.05) is 18.7 Å². The Morgan fingerprint density at radius 3 is 2.70 bits per heavy atom. The molecule has 1 amide bonds. The largest absolute Gasteiger partial charge is 0.496 e. The van der Waals surface area contributed by atoms with Gasteiger partial charge in [-0.3, -0.25) is 4.79 Å². The minimum Gasteiger partial charge on any atom is -0.496 e. The first-order valence-corrected chi connectivity index (χ1v) is 7.94. The summed E-state index contributed by atoms with van der Waals surface area (Å²) in [5.74, 6) is 0.386. The van der Waals surface area contributed by atoms with Crippen molar-refractivity contribution in [1.82, 2.24) is 0 Å². The van der Waals surface area contributed by atoms with Crippen molar-refractivity contribution in [3.63, 3.8) is 0 Å². The molecule has 0 radical (unpaired) electrons. The van der Waals surface area contributed by atoms with Crippen LogP contribution in [0, 0.1) is 0 Å². The first-order valence-electron chi connectivity index (χ1n) is 5.93. The van der Waals surface area contributed by atoms with Crippen LogP contribution < -0.4 is 10.1 Å². The molecule has 2 aromatic rings. The number of rotatable bonds is 4. The van der Waals surface area contributed by atoms with Crippen molar-refractivity contribution in [2.24, 2.45) is 0 Å². The Kier molecular flexibility index (Phi) is 5.09. The van der Waals surface area contributed by atoms with Gasteiger partial charge in [-0.2, -0.15) is 0 Å². The molecule has 0 aromatic heterocycles. The molecular formula is C15H14BrNO2S. The summed E-state index contributed by atoms with van der Waals surface area (Å²) in [5, 5.41) is 2.86. The van der Waals surface area contributed by atoms with E-state index in [9.17, 15) is 4.79 Å². The molecule has 3 nitrogen and oxygen atoms in total. The molecule has 0 fully saturated rings. The van der Waals surface area contributed by atoms with Crippen LogP contribution in [-0.2, 0) is 0 Å². The SMILES string of the molecule is COc1cc(SC)ccc1C(=O)Nc1cccc(Br)c1. The Balaban J connectivity index is 2.25. The lowest BCUT2D eigenvalue weighted by atomic mass is 10.2. The lowest BCUT2D eigenvalue weighted by Gasteiger charge is -2.10. The topological polar surface area (TPSA) is 38.3 Å². The molecule has 0 bridgehead atoms. The highest BCUT2D eigenvalue weighted by molar-refractivity contribution is 9.10. The zero-order valence-corrected chi connectivity index (χ0v) is 13.5. The van der Waals surface area contributed by atoms with Crippen molar-refractivity contribution in [2.45, 2.75) is 4.90 Å². The van der Waals surface area contributed by atoms with Gasteiger partial charge in [-0.15, -0.1) is 11.8 Å². The molecule has 0 saturated heterocycles. The van der Waals surface area contributed by atoms with Crippen molar-refractivity contribution in [1.29, 1.82) is 0 Å². The number of hydrogen-bond donors (Lipinski definition) is 1. The van der Waals surface area contributed by atoms with E-state index in [1.165, 1.54) is 0 Å². The highest BCUT2D eigenvalue weighted by Crippen LogP contribution is 2.26. The normalized spacial score (nSPS) is 10.2. The number of thioether (sulfide) groups is 1. The molecule has 0 saturated carbocycles. The van der Waals surface area contributed by atoms with E-state index in [0.29, 0.717) is 11.3 Å². The van der Waals surface area contributed by atoms with Gasteiger partial charge in [0.15, 0.2) is 0 Å². The summed E-state index contributed by atoms with van der Waals surface area (Å²) < 4.78 is 6.20. The average Bonchev–Trinajstić information content (AvgIpc) is 2.46. The molecule has 0 spiro atoms. The molecule has 5 heteroatoms. The Morgan fingerprint density at radius 1 is 1.25 bits per heavy atom. The van der Waals surface area contributed by atoms with Gasteiger partial charge in [-0.25, -0.2) is 0 Å². The predicted octanol–water partition coefficient (Wildman–Crippen LogP) is 4.43. The number of amides is 1. The van der Waals surface area contributed by atoms with Crippen LogP contribution in [0.1, 0.15) is 10.4 Å². The fourth-order valence-corrected chi connectivity index (χ4v) is 2.58. The number of anilines is 1. The molecule has 0 atom stereocenters. The fraction of sp³-hybridized carbons (Fsp3) is 0.133. The van der Waals surface area contributed by atoms with Crippen molar-refractivity contribution in [3.8, 4) is 5.75 Å².